The molecule has 0 radical (unpaired) electrons. The van der Waals surface area contributed by atoms with E-state index in [9.17, 15) is 18.0 Å². The van der Waals surface area contributed by atoms with Gasteiger partial charge in [-0.2, -0.15) is 13.2 Å². The lowest BCUT2D eigenvalue weighted by Gasteiger charge is -2.01. The number of nitrogens with zero attached hydrogens (tertiary/aromatic N) is 1. The Morgan fingerprint density at radius 3 is 2.15 bits per heavy atom. The molecule has 0 spiro atoms. The molecule has 0 amide bonds. The highest BCUT2D eigenvalue weighted by molar-refractivity contribution is 5.86. The van der Waals surface area contributed by atoms with E-state index in [0.717, 1.165) is 11.1 Å². The fourth-order valence-electron chi connectivity index (χ4n) is 1.88. The molecule has 7 heteroatoms. The van der Waals surface area contributed by atoms with Gasteiger partial charge in [-0.25, -0.2) is 9.78 Å². The molecule has 1 aromatic heterocycles. The highest BCUT2D eigenvalue weighted by Crippen LogP contribution is 2.34. The second-order valence-corrected chi connectivity index (χ2v) is 4.38. The van der Waals surface area contributed by atoms with Crippen LogP contribution in [0.15, 0.2) is 22.6 Å². The van der Waals surface area contributed by atoms with E-state index < -0.39 is 23.6 Å². The van der Waals surface area contributed by atoms with Gasteiger partial charge in [-0.15, -0.1) is 0 Å². The smallest absolute Gasteiger partial charge is 0.437 e. The molecule has 0 aliphatic carbocycles. The minimum atomic E-state index is -4.88. The van der Waals surface area contributed by atoms with E-state index in [2.05, 4.69) is 4.98 Å². The zero-order valence-electron chi connectivity index (χ0n) is 10.6. The summed E-state index contributed by atoms with van der Waals surface area (Å²) >= 11 is 0. The lowest BCUT2D eigenvalue weighted by atomic mass is 10.1. The molecule has 0 saturated heterocycles. The Hall–Kier alpha value is -2.31. The molecule has 0 aliphatic heterocycles. The van der Waals surface area contributed by atoms with Crippen LogP contribution in [-0.2, 0) is 6.18 Å². The Morgan fingerprint density at radius 1 is 1.20 bits per heavy atom. The second-order valence-electron chi connectivity index (χ2n) is 4.38. The van der Waals surface area contributed by atoms with Gasteiger partial charge in [0, 0.05) is 5.56 Å². The van der Waals surface area contributed by atoms with Crippen LogP contribution in [0.3, 0.4) is 0 Å². The maximum absolute atomic E-state index is 12.7. The average molecular weight is 285 g/mol. The zero-order chi connectivity index (χ0) is 15.1. The SMILES string of the molecule is Cc1cc(C)cc(-c2nc(C(F)(F)F)c(C(=O)O)o2)c1. The summed E-state index contributed by atoms with van der Waals surface area (Å²) in [6.07, 6.45) is -4.88. The summed E-state index contributed by atoms with van der Waals surface area (Å²) in [5, 5.41) is 8.76. The van der Waals surface area contributed by atoms with Crippen molar-refractivity contribution in [2.45, 2.75) is 20.0 Å². The Balaban J connectivity index is 2.62. The van der Waals surface area contributed by atoms with Crippen molar-refractivity contribution in [2.75, 3.05) is 0 Å². The molecule has 0 bridgehead atoms. The van der Waals surface area contributed by atoms with Crippen LogP contribution in [-0.4, -0.2) is 16.1 Å². The molecule has 1 N–H and O–H groups in total. The molecule has 1 heterocycles. The first kappa shape index (κ1) is 14.1. The van der Waals surface area contributed by atoms with Crippen LogP contribution in [0.1, 0.15) is 27.4 Å². The minimum absolute atomic E-state index is 0.306. The molecule has 2 aromatic rings. The maximum Gasteiger partial charge on any atom is 0.437 e. The molecule has 0 atom stereocenters. The number of oxazole rings is 1. The number of carboxylic acids is 1. The lowest BCUT2D eigenvalue weighted by molar-refractivity contribution is -0.141. The molecular weight excluding hydrogens is 275 g/mol. The van der Waals surface area contributed by atoms with Crippen LogP contribution >= 0.6 is 0 Å². The molecule has 0 saturated carbocycles. The lowest BCUT2D eigenvalue weighted by Crippen LogP contribution is -2.11. The number of hydrogen-bond acceptors (Lipinski definition) is 3. The van der Waals surface area contributed by atoms with E-state index >= 15 is 0 Å². The van der Waals surface area contributed by atoms with E-state index in [1.165, 1.54) is 0 Å². The normalized spacial score (nSPS) is 11.7. The van der Waals surface area contributed by atoms with Crippen molar-refractivity contribution < 1.29 is 27.5 Å². The third-order valence-electron chi connectivity index (χ3n) is 2.56. The van der Waals surface area contributed by atoms with Crippen LogP contribution in [0.2, 0.25) is 0 Å². The summed E-state index contributed by atoms with van der Waals surface area (Å²) < 4.78 is 42.9. The maximum atomic E-state index is 12.7. The highest BCUT2D eigenvalue weighted by atomic mass is 19.4. The number of alkyl halides is 3. The number of carboxylic acid groups (broad SMARTS) is 1. The molecule has 20 heavy (non-hydrogen) atoms. The van der Waals surface area contributed by atoms with Crippen LogP contribution in [0.5, 0.6) is 0 Å². The van der Waals surface area contributed by atoms with Crippen LogP contribution < -0.4 is 0 Å². The standard InChI is InChI=1S/C13H10F3NO3/c1-6-3-7(2)5-8(4-6)11-17-10(13(14,15)16)9(20-11)12(18)19/h3-5H,1-2H3,(H,18,19). The van der Waals surface area contributed by atoms with Gasteiger partial charge in [-0.1, -0.05) is 17.2 Å². The van der Waals surface area contributed by atoms with Crippen molar-refractivity contribution in [3.63, 3.8) is 0 Å². The van der Waals surface area contributed by atoms with E-state index in [1.807, 2.05) is 6.07 Å². The largest absolute Gasteiger partial charge is 0.475 e. The third-order valence-corrected chi connectivity index (χ3v) is 2.56. The Morgan fingerprint density at radius 2 is 1.75 bits per heavy atom. The van der Waals surface area contributed by atoms with Gasteiger partial charge in [0.1, 0.15) is 0 Å². The molecule has 0 unspecified atom stereocenters. The second kappa shape index (κ2) is 4.66. The molecule has 1 aromatic carbocycles. The summed E-state index contributed by atoms with van der Waals surface area (Å²) in [5.41, 5.74) is 0.395. The van der Waals surface area contributed by atoms with Gasteiger partial charge >= 0.3 is 12.1 Å². The number of aromatic carboxylic acids is 1. The first-order valence-electron chi connectivity index (χ1n) is 5.58. The van der Waals surface area contributed by atoms with Gasteiger partial charge < -0.3 is 9.52 Å². The number of aromatic nitrogens is 1. The number of carbonyl (C=O) groups is 1. The molecule has 4 nitrogen and oxygen atoms in total. The third kappa shape index (κ3) is 2.66. The molecule has 106 valence electrons. The monoisotopic (exact) mass is 285 g/mol. The summed E-state index contributed by atoms with van der Waals surface area (Å²) in [4.78, 5) is 14.1. The topological polar surface area (TPSA) is 63.3 Å². The average Bonchev–Trinajstić information content (AvgIpc) is 2.71. The predicted octanol–water partition coefficient (Wildman–Crippen LogP) is 3.68. The number of aryl methyl sites for hydroxylation is 2. The van der Waals surface area contributed by atoms with Crippen LogP contribution in [0, 0.1) is 13.8 Å². The van der Waals surface area contributed by atoms with Gasteiger partial charge in [0.15, 0.2) is 5.69 Å². The van der Waals surface area contributed by atoms with Crippen molar-refractivity contribution in [3.8, 4) is 11.5 Å². The van der Waals surface area contributed by atoms with Crippen molar-refractivity contribution in [2.24, 2.45) is 0 Å². The summed E-state index contributed by atoms with van der Waals surface area (Å²) in [6.45, 7) is 3.53. The van der Waals surface area contributed by atoms with Crippen molar-refractivity contribution >= 4 is 5.97 Å². The summed E-state index contributed by atoms with van der Waals surface area (Å²) in [7, 11) is 0. The quantitative estimate of drug-likeness (QED) is 0.914. The zero-order valence-corrected chi connectivity index (χ0v) is 10.6. The molecular formula is C13H10F3NO3. The first-order valence-corrected chi connectivity index (χ1v) is 5.58. The summed E-state index contributed by atoms with van der Waals surface area (Å²) in [6, 6.07) is 4.98. The van der Waals surface area contributed by atoms with Crippen LogP contribution in [0.4, 0.5) is 13.2 Å². The Labute approximate surface area is 111 Å². The fourth-order valence-corrected chi connectivity index (χ4v) is 1.88. The van der Waals surface area contributed by atoms with Crippen molar-refractivity contribution in [3.05, 3.63) is 40.8 Å². The van der Waals surface area contributed by atoms with Crippen LogP contribution in [0.25, 0.3) is 11.5 Å². The van der Waals surface area contributed by atoms with Gasteiger partial charge in [-0.3, -0.25) is 0 Å². The van der Waals surface area contributed by atoms with Crippen molar-refractivity contribution in [1.29, 1.82) is 0 Å². The number of benzene rings is 1. The first-order chi connectivity index (χ1) is 9.18. The van der Waals surface area contributed by atoms with E-state index in [0.29, 0.717) is 5.56 Å². The van der Waals surface area contributed by atoms with Gasteiger partial charge in [0.25, 0.3) is 0 Å². The van der Waals surface area contributed by atoms with Gasteiger partial charge in [-0.05, 0) is 26.0 Å². The van der Waals surface area contributed by atoms with Gasteiger partial charge in [0.05, 0.1) is 0 Å². The van der Waals surface area contributed by atoms with Gasteiger partial charge in [0.2, 0.25) is 11.7 Å². The number of hydrogen-bond donors (Lipinski definition) is 1. The van der Waals surface area contributed by atoms with E-state index in [4.69, 9.17) is 9.52 Å². The Kier molecular flexibility index (Phi) is 3.29. The van der Waals surface area contributed by atoms with E-state index in [-0.39, 0.29) is 5.89 Å². The molecule has 0 aliphatic rings. The number of rotatable bonds is 2. The minimum Gasteiger partial charge on any atom is -0.475 e. The fraction of sp³-hybridized carbons (Fsp3) is 0.231. The number of halogens is 3. The molecule has 0 fully saturated rings. The Bertz CT molecular complexity index is 654. The molecule has 2 rings (SSSR count). The van der Waals surface area contributed by atoms with E-state index in [1.54, 1.807) is 26.0 Å². The van der Waals surface area contributed by atoms with Crippen molar-refractivity contribution in [1.82, 2.24) is 4.98 Å². The highest BCUT2D eigenvalue weighted by Gasteiger charge is 2.41. The predicted molar refractivity (Wildman–Crippen MR) is 63.4 cm³/mol. The summed E-state index contributed by atoms with van der Waals surface area (Å²) in [5.74, 6) is -3.37.